The number of hydrogen-bond acceptors (Lipinski definition) is 9. The van der Waals surface area contributed by atoms with Gasteiger partial charge in [0.1, 0.15) is 11.4 Å². The second kappa shape index (κ2) is 9.21. The molecule has 31 heavy (non-hydrogen) atoms. The molecular formula is C18H16N6O6S. The van der Waals surface area contributed by atoms with Crippen molar-refractivity contribution in [3.8, 4) is 17.1 Å². The van der Waals surface area contributed by atoms with E-state index in [-0.39, 0.29) is 22.8 Å². The Balaban J connectivity index is 1.68. The number of nitro benzene ring substituents is 2. The summed E-state index contributed by atoms with van der Waals surface area (Å²) in [5, 5.41) is 33.1. The van der Waals surface area contributed by atoms with E-state index in [4.69, 9.17) is 4.74 Å². The van der Waals surface area contributed by atoms with Crippen LogP contribution in [0.3, 0.4) is 0 Å². The van der Waals surface area contributed by atoms with Crippen molar-refractivity contribution in [3.05, 3.63) is 62.7 Å². The number of nitrogens with zero attached hydrogens (tertiary/aromatic N) is 5. The van der Waals surface area contributed by atoms with E-state index in [2.05, 4.69) is 15.5 Å². The number of hydrogen-bond donors (Lipinski definition) is 1. The van der Waals surface area contributed by atoms with E-state index in [1.165, 1.54) is 37.4 Å². The van der Waals surface area contributed by atoms with E-state index in [0.29, 0.717) is 22.3 Å². The summed E-state index contributed by atoms with van der Waals surface area (Å²) in [4.78, 5) is 33.2. The van der Waals surface area contributed by atoms with Gasteiger partial charge in [0, 0.05) is 24.7 Å². The molecule has 0 aliphatic rings. The smallest absolute Gasteiger partial charge is 0.296 e. The quantitative estimate of drug-likeness (QED) is 0.313. The molecule has 0 radical (unpaired) electrons. The van der Waals surface area contributed by atoms with Gasteiger partial charge in [-0.2, -0.15) is 0 Å². The Morgan fingerprint density at radius 2 is 1.84 bits per heavy atom. The van der Waals surface area contributed by atoms with Crippen LogP contribution < -0.4 is 10.1 Å². The van der Waals surface area contributed by atoms with Crippen LogP contribution in [0.2, 0.25) is 0 Å². The molecule has 2 aromatic carbocycles. The largest absolute Gasteiger partial charge is 0.496 e. The van der Waals surface area contributed by atoms with Crippen LogP contribution in [-0.2, 0) is 11.8 Å². The zero-order valence-corrected chi connectivity index (χ0v) is 17.2. The highest BCUT2D eigenvalue weighted by molar-refractivity contribution is 7.99. The number of carbonyl (C=O) groups excluding carboxylic acids is 1. The van der Waals surface area contributed by atoms with Gasteiger partial charge >= 0.3 is 0 Å². The average molecular weight is 444 g/mol. The summed E-state index contributed by atoms with van der Waals surface area (Å²) in [5.41, 5.74) is 0.369. The average Bonchev–Trinajstić information content (AvgIpc) is 3.12. The third-order valence-electron chi connectivity index (χ3n) is 4.18. The summed E-state index contributed by atoms with van der Waals surface area (Å²) in [6, 6.07) is 9.99. The van der Waals surface area contributed by atoms with Crippen molar-refractivity contribution in [1.29, 1.82) is 0 Å². The molecule has 3 aromatic rings. The maximum Gasteiger partial charge on any atom is 0.296 e. The highest BCUT2D eigenvalue weighted by atomic mass is 32.2. The monoisotopic (exact) mass is 444 g/mol. The molecule has 0 saturated carbocycles. The van der Waals surface area contributed by atoms with Gasteiger partial charge < -0.3 is 14.6 Å². The van der Waals surface area contributed by atoms with Crippen LogP contribution in [0.1, 0.15) is 0 Å². The van der Waals surface area contributed by atoms with Crippen molar-refractivity contribution < 1.29 is 19.4 Å². The van der Waals surface area contributed by atoms with E-state index in [1.54, 1.807) is 23.7 Å². The molecule has 1 N–H and O–H groups in total. The number of ether oxygens (including phenoxy) is 1. The van der Waals surface area contributed by atoms with E-state index < -0.39 is 15.8 Å². The first-order chi connectivity index (χ1) is 14.8. The number of thioether (sulfide) groups is 1. The zero-order chi connectivity index (χ0) is 22.5. The van der Waals surface area contributed by atoms with Gasteiger partial charge in [-0.3, -0.25) is 25.0 Å². The lowest BCUT2D eigenvalue weighted by atomic mass is 10.2. The number of non-ortho nitro benzene ring substituents is 1. The third-order valence-corrected chi connectivity index (χ3v) is 5.20. The Morgan fingerprint density at radius 3 is 2.45 bits per heavy atom. The standard InChI is InChI=1S/C18H16N6O6S/c1-22-17(11-3-5-12(6-4-11)23(26)27)20-21-18(22)31-10-16(25)19-14-8-7-13(30-2)9-15(14)24(28)29/h3-9H,10H2,1-2H3,(H,19,25). The SMILES string of the molecule is COc1ccc(NC(=O)CSc2nnc(-c3ccc([N+](=O)[O-])cc3)n2C)c([N+](=O)[O-])c1. The second-order valence-electron chi connectivity index (χ2n) is 6.15. The van der Waals surface area contributed by atoms with E-state index in [9.17, 15) is 25.0 Å². The normalized spacial score (nSPS) is 10.5. The van der Waals surface area contributed by atoms with E-state index in [1.807, 2.05) is 0 Å². The van der Waals surface area contributed by atoms with Gasteiger partial charge in [-0.25, -0.2) is 0 Å². The number of carbonyl (C=O) groups is 1. The lowest BCUT2D eigenvalue weighted by Crippen LogP contribution is -2.15. The van der Waals surface area contributed by atoms with Crippen LogP contribution in [0.15, 0.2) is 47.6 Å². The topological polar surface area (TPSA) is 155 Å². The lowest BCUT2D eigenvalue weighted by Gasteiger charge is -2.07. The number of anilines is 1. The zero-order valence-electron chi connectivity index (χ0n) is 16.3. The number of aromatic nitrogens is 3. The molecule has 0 bridgehead atoms. The van der Waals surface area contributed by atoms with Crippen LogP contribution in [0.4, 0.5) is 17.1 Å². The van der Waals surface area contributed by atoms with Gasteiger partial charge in [-0.15, -0.1) is 10.2 Å². The molecule has 1 heterocycles. The highest BCUT2D eigenvalue weighted by Gasteiger charge is 2.19. The van der Waals surface area contributed by atoms with Gasteiger partial charge in [0.2, 0.25) is 5.91 Å². The number of methoxy groups -OCH3 is 1. The summed E-state index contributed by atoms with van der Waals surface area (Å²) >= 11 is 1.09. The number of nitro groups is 2. The van der Waals surface area contributed by atoms with Gasteiger partial charge in [0.05, 0.1) is 28.8 Å². The Hall–Kier alpha value is -4.00. The first-order valence-corrected chi connectivity index (χ1v) is 9.68. The van der Waals surface area contributed by atoms with Crippen LogP contribution >= 0.6 is 11.8 Å². The van der Waals surface area contributed by atoms with Crippen molar-refractivity contribution in [1.82, 2.24) is 14.8 Å². The van der Waals surface area contributed by atoms with Crippen LogP contribution in [0.5, 0.6) is 5.75 Å². The molecule has 1 amide bonds. The predicted octanol–water partition coefficient (Wildman–Crippen LogP) is 3.04. The maximum atomic E-state index is 12.3. The predicted molar refractivity (Wildman–Crippen MR) is 112 cm³/mol. The fraction of sp³-hybridized carbons (Fsp3) is 0.167. The molecule has 12 nitrogen and oxygen atoms in total. The molecule has 0 aliphatic heterocycles. The molecule has 0 spiro atoms. The summed E-state index contributed by atoms with van der Waals surface area (Å²) in [6.07, 6.45) is 0. The molecule has 0 unspecified atom stereocenters. The molecule has 0 aliphatic carbocycles. The Morgan fingerprint density at radius 1 is 1.13 bits per heavy atom. The first kappa shape index (κ1) is 21.7. The number of amides is 1. The number of rotatable bonds is 8. The Bertz CT molecular complexity index is 1150. The molecule has 3 rings (SSSR count). The molecule has 160 valence electrons. The fourth-order valence-corrected chi connectivity index (χ4v) is 3.35. The van der Waals surface area contributed by atoms with E-state index >= 15 is 0 Å². The molecular weight excluding hydrogens is 428 g/mol. The number of benzene rings is 2. The molecule has 13 heteroatoms. The van der Waals surface area contributed by atoms with Crippen molar-refractivity contribution in [3.63, 3.8) is 0 Å². The van der Waals surface area contributed by atoms with Gasteiger partial charge in [-0.05, 0) is 24.3 Å². The minimum Gasteiger partial charge on any atom is -0.496 e. The Kier molecular flexibility index (Phi) is 6.45. The van der Waals surface area contributed by atoms with Crippen LogP contribution in [-0.4, -0.2) is 43.4 Å². The molecule has 0 fully saturated rings. The summed E-state index contributed by atoms with van der Waals surface area (Å²) in [7, 11) is 3.09. The minimum atomic E-state index is -0.607. The first-order valence-electron chi connectivity index (χ1n) is 8.69. The fourth-order valence-electron chi connectivity index (χ4n) is 2.64. The van der Waals surface area contributed by atoms with Crippen molar-refractivity contribution in [2.24, 2.45) is 7.05 Å². The second-order valence-corrected chi connectivity index (χ2v) is 7.09. The Labute approximate surface area is 179 Å². The van der Waals surface area contributed by atoms with Gasteiger partial charge in [0.15, 0.2) is 11.0 Å². The van der Waals surface area contributed by atoms with Crippen molar-refractivity contribution >= 4 is 34.7 Å². The minimum absolute atomic E-state index is 0.0372. The van der Waals surface area contributed by atoms with Crippen molar-refractivity contribution in [2.75, 3.05) is 18.2 Å². The van der Waals surface area contributed by atoms with E-state index in [0.717, 1.165) is 11.8 Å². The summed E-state index contributed by atoms with van der Waals surface area (Å²) < 4.78 is 6.62. The summed E-state index contributed by atoms with van der Waals surface area (Å²) in [5.74, 6) is 0.258. The van der Waals surface area contributed by atoms with Gasteiger partial charge in [0.25, 0.3) is 11.4 Å². The summed E-state index contributed by atoms with van der Waals surface area (Å²) in [6.45, 7) is 0. The van der Waals surface area contributed by atoms with Gasteiger partial charge in [-0.1, -0.05) is 11.8 Å². The molecule has 1 aromatic heterocycles. The molecule has 0 atom stereocenters. The number of nitrogens with one attached hydrogen (secondary N) is 1. The maximum absolute atomic E-state index is 12.3. The third kappa shape index (κ3) is 4.95. The lowest BCUT2D eigenvalue weighted by molar-refractivity contribution is -0.384. The van der Waals surface area contributed by atoms with Crippen LogP contribution in [0, 0.1) is 20.2 Å². The van der Waals surface area contributed by atoms with Crippen molar-refractivity contribution in [2.45, 2.75) is 5.16 Å². The highest BCUT2D eigenvalue weighted by Crippen LogP contribution is 2.29. The van der Waals surface area contributed by atoms with Crippen LogP contribution in [0.25, 0.3) is 11.4 Å². The molecule has 0 saturated heterocycles.